The molecular formula is C13H9Br3N2O2. The van der Waals surface area contributed by atoms with E-state index >= 15 is 0 Å². The van der Waals surface area contributed by atoms with E-state index in [1.54, 1.807) is 6.07 Å². The molecule has 20 heavy (non-hydrogen) atoms. The van der Waals surface area contributed by atoms with Gasteiger partial charge in [-0.2, -0.15) is 0 Å². The molecule has 0 amide bonds. The van der Waals surface area contributed by atoms with Crippen LogP contribution in [0.25, 0.3) is 0 Å². The Morgan fingerprint density at radius 2 is 1.85 bits per heavy atom. The second-order valence-electron chi connectivity index (χ2n) is 3.94. The number of nitrogens with one attached hydrogen (secondary N) is 1. The summed E-state index contributed by atoms with van der Waals surface area (Å²) in [4.78, 5) is 14.8. The van der Waals surface area contributed by atoms with Crippen molar-refractivity contribution >= 4 is 59.4 Å². The van der Waals surface area contributed by atoms with E-state index in [0.29, 0.717) is 6.54 Å². The van der Waals surface area contributed by atoms with Gasteiger partial charge in [-0.15, -0.1) is 0 Å². The lowest BCUT2D eigenvalue weighted by molar-refractivity contribution is 0.0696. The average molecular weight is 465 g/mol. The fraction of sp³-hybridized carbons (Fsp3) is 0.0769. The van der Waals surface area contributed by atoms with Crippen LogP contribution in [0.2, 0.25) is 0 Å². The average Bonchev–Trinajstić information content (AvgIpc) is 2.38. The van der Waals surface area contributed by atoms with Gasteiger partial charge in [0, 0.05) is 19.6 Å². The molecule has 0 aliphatic heterocycles. The fourth-order valence-corrected chi connectivity index (χ4v) is 4.08. The summed E-state index contributed by atoms with van der Waals surface area (Å²) in [5, 5.41) is 12.1. The Hall–Kier alpha value is -0.920. The molecule has 0 fully saturated rings. The van der Waals surface area contributed by atoms with Crippen molar-refractivity contribution in [3.8, 4) is 0 Å². The molecule has 0 unspecified atom stereocenters. The monoisotopic (exact) mass is 462 g/mol. The molecular weight excluding hydrogens is 456 g/mol. The van der Waals surface area contributed by atoms with Crippen molar-refractivity contribution in [2.24, 2.45) is 0 Å². The number of hydrogen-bond donors (Lipinski definition) is 2. The van der Waals surface area contributed by atoms with E-state index in [1.807, 2.05) is 12.1 Å². The molecule has 2 rings (SSSR count). The molecule has 2 N–H and O–H groups in total. The number of carboxylic acids is 1. The van der Waals surface area contributed by atoms with E-state index < -0.39 is 5.97 Å². The maximum Gasteiger partial charge on any atom is 0.337 e. The number of hydrogen-bond acceptors (Lipinski definition) is 3. The largest absolute Gasteiger partial charge is 0.478 e. The van der Waals surface area contributed by atoms with E-state index in [0.717, 1.165) is 24.8 Å². The first-order valence-corrected chi connectivity index (χ1v) is 7.92. The van der Waals surface area contributed by atoms with Crippen LogP contribution < -0.4 is 5.32 Å². The Labute approximate surface area is 141 Å². The summed E-state index contributed by atoms with van der Waals surface area (Å²) in [5.74, 6) is -0.976. The smallest absolute Gasteiger partial charge is 0.337 e. The summed E-state index contributed by atoms with van der Waals surface area (Å²) in [6.45, 7) is 0.499. The quantitative estimate of drug-likeness (QED) is 0.689. The summed E-state index contributed by atoms with van der Waals surface area (Å²) < 4.78 is 2.80. The lowest BCUT2D eigenvalue weighted by atomic mass is 10.2. The van der Waals surface area contributed by atoms with Gasteiger partial charge in [-0.1, -0.05) is 15.9 Å². The van der Waals surface area contributed by atoms with Crippen LogP contribution in [0.1, 0.15) is 16.1 Å². The van der Waals surface area contributed by atoms with Gasteiger partial charge in [0.25, 0.3) is 0 Å². The molecule has 0 radical (unpaired) electrons. The zero-order chi connectivity index (χ0) is 14.7. The van der Waals surface area contributed by atoms with Crippen molar-refractivity contribution in [1.29, 1.82) is 0 Å². The standard InChI is InChI=1S/C13H9Br3N2O2/c14-8-3-10(15)12(11(16)4-8)18-6-9-2-1-7(5-17-9)13(19)20/h1-5,18H,6H2,(H,19,20). The van der Waals surface area contributed by atoms with Crippen LogP contribution >= 0.6 is 47.8 Å². The highest BCUT2D eigenvalue weighted by molar-refractivity contribution is 9.11. The summed E-state index contributed by atoms with van der Waals surface area (Å²) in [5.41, 5.74) is 1.86. The van der Waals surface area contributed by atoms with Crippen molar-refractivity contribution in [3.63, 3.8) is 0 Å². The lowest BCUT2D eigenvalue weighted by Gasteiger charge is -2.11. The molecule has 1 aromatic carbocycles. The van der Waals surface area contributed by atoms with E-state index in [2.05, 4.69) is 58.1 Å². The van der Waals surface area contributed by atoms with Gasteiger partial charge in [-0.25, -0.2) is 4.79 Å². The van der Waals surface area contributed by atoms with Crippen LogP contribution in [0.5, 0.6) is 0 Å². The molecule has 1 heterocycles. The van der Waals surface area contributed by atoms with E-state index in [9.17, 15) is 4.79 Å². The van der Waals surface area contributed by atoms with Crippen molar-refractivity contribution < 1.29 is 9.90 Å². The van der Waals surface area contributed by atoms with Crippen LogP contribution in [0.4, 0.5) is 5.69 Å². The SMILES string of the molecule is O=C(O)c1ccc(CNc2c(Br)cc(Br)cc2Br)nc1. The normalized spacial score (nSPS) is 10.3. The molecule has 2 aromatic rings. The number of benzene rings is 1. The van der Waals surface area contributed by atoms with Crippen molar-refractivity contribution in [1.82, 2.24) is 4.98 Å². The van der Waals surface area contributed by atoms with Crippen LogP contribution in [0, 0.1) is 0 Å². The molecule has 0 aliphatic carbocycles. The number of anilines is 1. The molecule has 0 spiro atoms. The van der Waals surface area contributed by atoms with Gasteiger partial charge < -0.3 is 10.4 Å². The summed E-state index contributed by atoms with van der Waals surface area (Å²) in [6, 6.07) is 7.11. The van der Waals surface area contributed by atoms with Gasteiger partial charge in [0.05, 0.1) is 23.5 Å². The zero-order valence-corrected chi connectivity index (χ0v) is 14.8. The van der Waals surface area contributed by atoms with Crippen molar-refractivity contribution in [2.45, 2.75) is 6.54 Å². The van der Waals surface area contributed by atoms with Crippen molar-refractivity contribution in [3.05, 3.63) is 55.1 Å². The van der Waals surface area contributed by atoms with Crippen LogP contribution in [-0.4, -0.2) is 16.1 Å². The highest BCUT2D eigenvalue weighted by Gasteiger charge is 2.07. The molecule has 1 aromatic heterocycles. The summed E-state index contributed by atoms with van der Waals surface area (Å²) in [6.07, 6.45) is 1.35. The molecule has 0 aliphatic rings. The lowest BCUT2D eigenvalue weighted by Crippen LogP contribution is -2.04. The Bertz CT molecular complexity index is 622. The molecule has 0 saturated carbocycles. The van der Waals surface area contributed by atoms with Gasteiger partial charge in [0.1, 0.15) is 0 Å². The van der Waals surface area contributed by atoms with Gasteiger partial charge in [-0.3, -0.25) is 4.98 Å². The van der Waals surface area contributed by atoms with Gasteiger partial charge in [0.15, 0.2) is 0 Å². The Morgan fingerprint density at radius 1 is 1.20 bits per heavy atom. The van der Waals surface area contributed by atoms with Crippen LogP contribution in [0.15, 0.2) is 43.9 Å². The topological polar surface area (TPSA) is 62.2 Å². The number of halogens is 3. The predicted octanol–water partition coefficient (Wildman–Crippen LogP) is 4.68. The van der Waals surface area contributed by atoms with Gasteiger partial charge >= 0.3 is 5.97 Å². The van der Waals surface area contributed by atoms with E-state index in [-0.39, 0.29) is 5.56 Å². The number of aromatic nitrogens is 1. The molecule has 4 nitrogen and oxygen atoms in total. The number of pyridine rings is 1. The van der Waals surface area contributed by atoms with Gasteiger partial charge in [0.2, 0.25) is 0 Å². The highest BCUT2D eigenvalue weighted by atomic mass is 79.9. The fourth-order valence-electron chi connectivity index (χ4n) is 1.55. The Kier molecular flexibility index (Phi) is 5.17. The van der Waals surface area contributed by atoms with Crippen LogP contribution in [-0.2, 0) is 6.54 Å². The maximum absolute atomic E-state index is 10.7. The molecule has 0 bridgehead atoms. The number of carboxylic acid groups (broad SMARTS) is 1. The van der Waals surface area contributed by atoms with E-state index in [4.69, 9.17) is 5.11 Å². The second kappa shape index (κ2) is 6.69. The maximum atomic E-state index is 10.7. The minimum absolute atomic E-state index is 0.180. The highest BCUT2D eigenvalue weighted by Crippen LogP contribution is 2.34. The Morgan fingerprint density at radius 3 is 2.35 bits per heavy atom. The van der Waals surface area contributed by atoms with Crippen LogP contribution in [0.3, 0.4) is 0 Å². The number of aromatic carboxylic acids is 1. The van der Waals surface area contributed by atoms with Gasteiger partial charge in [-0.05, 0) is 56.1 Å². The predicted molar refractivity (Wildman–Crippen MR) is 88.1 cm³/mol. The third kappa shape index (κ3) is 3.80. The van der Waals surface area contributed by atoms with E-state index in [1.165, 1.54) is 12.3 Å². The third-order valence-electron chi connectivity index (χ3n) is 2.52. The first-order valence-electron chi connectivity index (χ1n) is 5.54. The number of rotatable bonds is 4. The molecule has 0 atom stereocenters. The second-order valence-corrected chi connectivity index (χ2v) is 6.57. The molecule has 7 heteroatoms. The van der Waals surface area contributed by atoms with Crippen molar-refractivity contribution in [2.75, 3.05) is 5.32 Å². The first kappa shape index (κ1) is 15.5. The minimum Gasteiger partial charge on any atom is -0.478 e. The number of carbonyl (C=O) groups is 1. The molecule has 0 saturated heterocycles. The Balaban J connectivity index is 2.11. The number of nitrogens with zero attached hydrogens (tertiary/aromatic N) is 1. The third-order valence-corrected chi connectivity index (χ3v) is 4.23. The minimum atomic E-state index is -0.976. The summed E-state index contributed by atoms with van der Waals surface area (Å²) >= 11 is 10.4. The molecule has 104 valence electrons. The first-order chi connectivity index (χ1) is 9.47. The summed E-state index contributed by atoms with van der Waals surface area (Å²) in [7, 11) is 0. The zero-order valence-electron chi connectivity index (χ0n) is 10.0.